The normalized spacial score (nSPS) is 24.0. The molecule has 1 amide bonds. The molecule has 4 nitrogen and oxygen atoms in total. The molecule has 0 N–H and O–H groups in total. The van der Waals surface area contributed by atoms with Crippen molar-refractivity contribution in [3.05, 3.63) is 65.5 Å². The van der Waals surface area contributed by atoms with Crippen LogP contribution in [0.5, 0.6) is 0 Å². The molecule has 2 aliphatic rings. The van der Waals surface area contributed by atoms with Crippen molar-refractivity contribution in [1.29, 1.82) is 0 Å². The Balaban J connectivity index is 1.58. The number of carbonyl (C=O) groups excluding carboxylic acids is 1. The zero-order chi connectivity index (χ0) is 16.5. The summed E-state index contributed by atoms with van der Waals surface area (Å²) in [7, 11) is 0. The number of amides is 1. The van der Waals surface area contributed by atoms with Gasteiger partial charge in [0.2, 0.25) is 0 Å². The van der Waals surface area contributed by atoms with E-state index in [9.17, 15) is 4.79 Å². The smallest absolute Gasteiger partial charge is 0.255 e. The molecule has 1 aromatic heterocycles. The van der Waals surface area contributed by atoms with Crippen LogP contribution in [0, 0.1) is 12.8 Å². The van der Waals surface area contributed by atoms with Gasteiger partial charge >= 0.3 is 0 Å². The Morgan fingerprint density at radius 2 is 1.96 bits per heavy atom. The van der Waals surface area contributed by atoms with Gasteiger partial charge in [-0.2, -0.15) is 0 Å². The molecular formula is C20H22N2O2. The minimum Gasteiger partial charge on any atom is -0.366 e. The van der Waals surface area contributed by atoms with Crippen molar-refractivity contribution >= 4 is 5.91 Å². The Labute approximate surface area is 142 Å². The van der Waals surface area contributed by atoms with Crippen LogP contribution in [0.3, 0.4) is 0 Å². The van der Waals surface area contributed by atoms with Gasteiger partial charge in [-0.1, -0.05) is 30.3 Å². The lowest BCUT2D eigenvalue weighted by Crippen LogP contribution is -2.47. The summed E-state index contributed by atoms with van der Waals surface area (Å²) in [6.07, 6.45) is 5.95. The first-order valence-corrected chi connectivity index (χ1v) is 8.62. The van der Waals surface area contributed by atoms with E-state index >= 15 is 0 Å². The van der Waals surface area contributed by atoms with E-state index in [2.05, 4.69) is 17.1 Å². The van der Waals surface area contributed by atoms with Gasteiger partial charge in [0.25, 0.3) is 5.91 Å². The molecule has 4 rings (SSSR count). The highest BCUT2D eigenvalue weighted by Crippen LogP contribution is 2.39. The lowest BCUT2D eigenvalue weighted by Gasteiger charge is -2.38. The van der Waals surface area contributed by atoms with Crippen molar-refractivity contribution in [2.75, 3.05) is 13.1 Å². The highest BCUT2D eigenvalue weighted by molar-refractivity contribution is 5.94. The number of morpholine rings is 1. The van der Waals surface area contributed by atoms with E-state index in [-0.39, 0.29) is 18.1 Å². The quantitative estimate of drug-likeness (QED) is 0.870. The standard InChI is InChI=1S/C20H22N2O2/c1-14-9-17(11-21-10-14)20(23)22-12-18(15-5-3-2-4-6-15)24-19(13-22)16-7-8-16/h2-6,9-11,16,18-19H,7-8,12-13H2,1H3/t18-,19+/m0/s1. The number of nitrogens with zero attached hydrogens (tertiary/aromatic N) is 2. The van der Waals surface area contributed by atoms with Gasteiger partial charge in [-0.15, -0.1) is 0 Å². The summed E-state index contributed by atoms with van der Waals surface area (Å²) >= 11 is 0. The Kier molecular flexibility index (Phi) is 4.07. The van der Waals surface area contributed by atoms with Crippen molar-refractivity contribution in [2.24, 2.45) is 5.92 Å². The Bertz CT molecular complexity index is 727. The number of ether oxygens (including phenoxy) is 1. The van der Waals surface area contributed by atoms with Gasteiger partial charge < -0.3 is 9.64 Å². The number of benzene rings is 1. The van der Waals surface area contributed by atoms with Gasteiger partial charge in [0, 0.05) is 18.9 Å². The second-order valence-electron chi connectivity index (χ2n) is 6.87. The zero-order valence-electron chi connectivity index (χ0n) is 13.9. The number of aromatic nitrogens is 1. The van der Waals surface area contributed by atoms with Crippen molar-refractivity contribution in [3.63, 3.8) is 0 Å². The van der Waals surface area contributed by atoms with Crippen LogP contribution in [0.1, 0.15) is 40.4 Å². The summed E-state index contributed by atoms with van der Waals surface area (Å²) in [4.78, 5) is 19.1. The molecule has 2 fully saturated rings. The molecule has 1 saturated heterocycles. The number of carbonyl (C=O) groups is 1. The third kappa shape index (κ3) is 3.20. The van der Waals surface area contributed by atoms with E-state index < -0.39 is 0 Å². The van der Waals surface area contributed by atoms with Gasteiger partial charge in [-0.3, -0.25) is 9.78 Å². The summed E-state index contributed by atoms with van der Waals surface area (Å²) in [6.45, 7) is 3.24. The van der Waals surface area contributed by atoms with Gasteiger partial charge in [-0.05, 0) is 42.9 Å². The summed E-state index contributed by atoms with van der Waals surface area (Å²) in [6, 6.07) is 12.1. The van der Waals surface area contributed by atoms with E-state index in [0.29, 0.717) is 24.6 Å². The van der Waals surface area contributed by atoms with Crippen LogP contribution in [0.15, 0.2) is 48.8 Å². The molecule has 1 aliphatic heterocycles. The fourth-order valence-corrected chi connectivity index (χ4v) is 3.39. The fourth-order valence-electron chi connectivity index (χ4n) is 3.39. The van der Waals surface area contributed by atoms with Crippen LogP contribution < -0.4 is 0 Å². The molecular weight excluding hydrogens is 300 g/mol. The molecule has 1 aromatic carbocycles. The number of rotatable bonds is 3. The molecule has 0 radical (unpaired) electrons. The predicted octanol–water partition coefficient (Wildman–Crippen LogP) is 3.38. The molecule has 124 valence electrons. The maximum atomic E-state index is 12.9. The summed E-state index contributed by atoms with van der Waals surface area (Å²) in [5.41, 5.74) is 2.81. The van der Waals surface area contributed by atoms with Crippen LogP contribution in [0.25, 0.3) is 0 Å². The first-order chi connectivity index (χ1) is 11.7. The maximum Gasteiger partial charge on any atom is 0.255 e. The molecule has 0 spiro atoms. The third-order valence-corrected chi connectivity index (χ3v) is 4.85. The first-order valence-electron chi connectivity index (χ1n) is 8.62. The average Bonchev–Trinajstić information content (AvgIpc) is 3.47. The Morgan fingerprint density at radius 3 is 2.67 bits per heavy atom. The van der Waals surface area contributed by atoms with E-state index in [4.69, 9.17) is 4.74 Å². The van der Waals surface area contributed by atoms with Gasteiger partial charge in [0.05, 0.1) is 18.2 Å². The van der Waals surface area contributed by atoms with E-state index in [1.165, 1.54) is 12.8 Å². The number of aryl methyl sites for hydroxylation is 1. The van der Waals surface area contributed by atoms with Gasteiger partial charge in [0.15, 0.2) is 0 Å². The van der Waals surface area contributed by atoms with Crippen LogP contribution in [-0.4, -0.2) is 35.0 Å². The van der Waals surface area contributed by atoms with Crippen molar-refractivity contribution in [3.8, 4) is 0 Å². The molecule has 0 bridgehead atoms. The number of pyridine rings is 1. The van der Waals surface area contributed by atoms with Crippen molar-refractivity contribution in [1.82, 2.24) is 9.88 Å². The molecule has 1 saturated carbocycles. The summed E-state index contributed by atoms with van der Waals surface area (Å²) in [5.74, 6) is 0.656. The Hall–Kier alpha value is -2.20. The molecule has 2 heterocycles. The molecule has 0 unspecified atom stereocenters. The van der Waals surface area contributed by atoms with Gasteiger partial charge in [-0.25, -0.2) is 0 Å². The predicted molar refractivity (Wildman–Crippen MR) is 91.7 cm³/mol. The average molecular weight is 322 g/mol. The topological polar surface area (TPSA) is 42.4 Å². The van der Waals surface area contributed by atoms with Gasteiger partial charge in [0.1, 0.15) is 6.10 Å². The second kappa shape index (κ2) is 6.36. The number of hydrogen-bond donors (Lipinski definition) is 0. The van der Waals surface area contributed by atoms with Crippen LogP contribution in [-0.2, 0) is 4.74 Å². The highest BCUT2D eigenvalue weighted by atomic mass is 16.5. The third-order valence-electron chi connectivity index (χ3n) is 4.85. The zero-order valence-corrected chi connectivity index (χ0v) is 13.9. The van der Waals surface area contributed by atoms with E-state index in [1.807, 2.05) is 36.1 Å². The molecule has 4 heteroatoms. The Morgan fingerprint density at radius 1 is 1.17 bits per heavy atom. The van der Waals surface area contributed by atoms with Crippen molar-refractivity contribution in [2.45, 2.75) is 32.0 Å². The fraction of sp³-hybridized carbons (Fsp3) is 0.400. The van der Waals surface area contributed by atoms with E-state index in [0.717, 1.165) is 11.1 Å². The molecule has 1 aliphatic carbocycles. The first kappa shape index (κ1) is 15.3. The second-order valence-corrected chi connectivity index (χ2v) is 6.87. The molecule has 24 heavy (non-hydrogen) atoms. The highest BCUT2D eigenvalue weighted by Gasteiger charge is 2.40. The van der Waals surface area contributed by atoms with Crippen LogP contribution in [0.2, 0.25) is 0 Å². The number of hydrogen-bond acceptors (Lipinski definition) is 3. The minimum absolute atomic E-state index is 0.0488. The largest absolute Gasteiger partial charge is 0.366 e. The summed E-state index contributed by atoms with van der Waals surface area (Å²) < 4.78 is 6.33. The molecule has 2 atom stereocenters. The van der Waals surface area contributed by atoms with E-state index in [1.54, 1.807) is 12.4 Å². The lowest BCUT2D eigenvalue weighted by atomic mass is 10.0. The summed E-state index contributed by atoms with van der Waals surface area (Å²) in [5, 5.41) is 0. The van der Waals surface area contributed by atoms with Crippen molar-refractivity contribution < 1.29 is 9.53 Å². The maximum absolute atomic E-state index is 12.9. The lowest BCUT2D eigenvalue weighted by molar-refractivity contribution is -0.0864. The monoisotopic (exact) mass is 322 g/mol. The molecule has 2 aromatic rings. The minimum atomic E-state index is -0.0488. The van der Waals surface area contributed by atoms with Crippen LogP contribution in [0.4, 0.5) is 0 Å². The SMILES string of the molecule is Cc1cncc(C(=O)N2C[C@@H](c3ccccc3)O[C@@H](C3CC3)C2)c1. The van der Waals surface area contributed by atoms with Crippen LogP contribution >= 0.6 is 0 Å².